The van der Waals surface area contributed by atoms with E-state index in [2.05, 4.69) is 22.3 Å². The van der Waals surface area contributed by atoms with Crippen LogP contribution in [0.5, 0.6) is 11.5 Å². The predicted octanol–water partition coefficient (Wildman–Crippen LogP) is 4.66. The normalized spacial score (nSPS) is 14.7. The molecular weight excluding hydrogens is 428 g/mol. The van der Waals surface area contributed by atoms with Crippen LogP contribution in [0.3, 0.4) is 0 Å². The lowest BCUT2D eigenvalue weighted by molar-refractivity contribution is -0.122. The third-order valence-corrected chi connectivity index (χ3v) is 6.04. The van der Waals surface area contributed by atoms with Gasteiger partial charge in [0.15, 0.2) is 5.78 Å². The van der Waals surface area contributed by atoms with Crippen LogP contribution < -0.4 is 14.8 Å². The van der Waals surface area contributed by atoms with E-state index in [1.165, 1.54) is 18.4 Å². The van der Waals surface area contributed by atoms with Gasteiger partial charge < -0.3 is 19.7 Å². The van der Waals surface area contributed by atoms with E-state index in [0.29, 0.717) is 24.8 Å². The van der Waals surface area contributed by atoms with Gasteiger partial charge in [0.25, 0.3) is 0 Å². The number of nitrogens with zero attached hydrogens (tertiary/aromatic N) is 1. The minimum Gasteiger partial charge on any atom is -0.497 e. The van der Waals surface area contributed by atoms with E-state index >= 15 is 0 Å². The van der Waals surface area contributed by atoms with Crippen molar-refractivity contribution < 1.29 is 19.1 Å². The second-order valence-electron chi connectivity index (χ2n) is 9.29. The highest BCUT2D eigenvalue weighted by molar-refractivity contribution is 5.96. The van der Waals surface area contributed by atoms with Gasteiger partial charge in [0, 0.05) is 31.0 Å². The molecule has 3 rings (SSSR count). The lowest BCUT2D eigenvalue weighted by atomic mass is 10.0. The number of benzene rings is 2. The number of carbonyl (C=O) groups excluding carboxylic acids is 2. The summed E-state index contributed by atoms with van der Waals surface area (Å²) in [5, 5.41) is 3.22. The molecule has 0 aliphatic carbocycles. The van der Waals surface area contributed by atoms with E-state index < -0.39 is 0 Å². The van der Waals surface area contributed by atoms with Gasteiger partial charge in [-0.25, -0.2) is 0 Å². The Kier molecular flexibility index (Phi) is 9.95. The molecule has 1 atom stereocenters. The quantitative estimate of drug-likeness (QED) is 0.435. The summed E-state index contributed by atoms with van der Waals surface area (Å²) >= 11 is 0. The second kappa shape index (κ2) is 13.1. The van der Waals surface area contributed by atoms with E-state index in [4.69, 9.17) is 9.47 Å². The standard InChI is InChI=1S/C28H38N2O4/c1-21(2)34-26-15-11-23(12-16-26)27(31)7-6-8-28(32)29-24(20-30-17-4-5-18-30)19-22-9-13-25(33-3)14-10-22/h9-16,21,24H,4-8,17-20H2,1-3H3,(H,29,32)/t24-/m0/s1. The van der Waals surface area contributed by atoms with Crippen LogP contribution in [0.4, 0.5) is 0 Å². The average molecular weight is 467 g/mol. The molecule has 6 heteroatoms. The van der Waals surface area contributed by atoms with Crippen molar-refractivity contribution in [3.63, 3.8) is 0 Å². The number of likely N-dealkylation sites (tertiary alicyclic amines) is 1. The van der Waals surface area contributed by atoms with Crippen molar-refractivity contribution in [1.82, 2.24) is 10.2 Å². The lowest BCUT2D eigenvalue weighted by Crippen LogP contribution is -2.44. The van der Waals surface area contributed by atoms with Gasteiger partial charge in [-0.2, -0.15) is 0 Å². The second-order valence-corrected chi connectivity index (χ2v) is 9.29. The van der Waals surface area contributed by atoms with Crippen LogP contribution in [0.25, 0.3) is 0 Å². The van der Waals surface area contributed by atoms with E-state index in [1.807, 2.05) is 38.1 Å². The Balaban J connectivity index is 1.48. The highest BCUT2D eigenvalue weighted by atomic mass is 16.5. The summed E-state index contributed by atoms with van der Waals surface area (Å²) in [5.74, 6) is 1.64. The maximum Gasteiger partial charge on any atom is 0.220 e. The first kappa shape index (κ1) is 25.8. The molecule has 0 radical (unpaired) electrons. The lowest BCUT2D eigenvalue weighted by Gasteiger charge is -2.25. The zero-order chi connectivity index (χ0) is 24.3. The van der Waals surface area contributed by atoms with Gasteiger partial charge in [-0.05, 0) is 94.6 Å². The average Bonchev–Trinajstić information content (AvgIpc) is 3.32. The van der Waals surface area contributed by atoms with E-state index in [-0.39, 0.29) is 23.8 Å². The van der Waals surface area contributed by atoms with Crippen LogP contribution in [-0.4, -0.2) is 55.5 Å². The Morgan fingerprint density at radius 1 is 0.941 bits per heavy atom. The molecular formula is C28H38N2O4. The monoisotopic (exact) mass is 466 g/mol. The minimum absolute atomic E-state index is 0.00573. The van der Waals surface area contributed by atoms with Crippen molar-refractivity contribution in [1.29, 1.82) is 0 Å². The highest BCUT2D eigenvalue weighted by Gasteiger charge is 2.20. The van der Waals surface area contributed by atoms with E-state index in [9.17, 15) is 9.59 Å². The molecule has 1 amide bonds. The number of methoxy groups -OCH3 is 1. The molecule has 184 valence electrons. The first-order valence-electron chi connectivity index (χ1n) is 12.4. The Morgan fingerprint density at radius 3 is 2.21 bits per heavy atom. The third-order valence-electron chi connectivity index (χ3n) is 6.04. The molecule has 2 aromatic rings. The van der Waals surface area contributed by atoms with E-state index in [0.717, 1.165) is 37.6 Å². The fraction of sp³-hybridized carbons (Fsp3) is 0.500. The molecule has 1 heterocycles. The summed E-state index contributed by atoms with van der Waals surface area (Å²) in [6, 6.07) is 15.3. The molecule has 34 heavy (non-hydrogen) atoms. The van der Waals surface area contributed by atoms with Crippen LogP contribution in [0, 0.1) is 0 Å². The maximum absolute atomic E-state index is 12.7. The number of ether oxygens (including phenoxy) is 2. The van der Waals surface area contributed by atoms with Gasteiger partial charge in [0.2, 0.25) is 5.91 Å². The van der Waals surface area contributed by atoms with Crippen LogP contribution in [0.2, 0.25) is 0 Å². The summed E-state index contributed by atoms with van der Waals surface area (Å²) < 4.78 is 10.9. The zero-order valence-electron chi connectivity index (χ0n) is 20.7. The first-order valence-corrected chi connectivity index (χ1v) is 12.4. The largest absolute Gasteiger partial charge is 0.497 e. The predicted molar refractivity (Wildman–Crippen MR) is 135 cm³/mol. The van der Waals surface area contributed by atoms with Gasteiger partial charge in [0.1, 0.15) is 11.5 Å². The number of rotatable bonds is 13. The Labute approximate surface area is 203 Å². The molecule has 1 aliphatic rings. The number of amides is 1. The summed E-state index contributed by atoms with van der Waals surface area (Å²) in [7, 11) is 1.66. The number of hydrogen-bond acceptors (Lipinski definition) is 5. The van der Waals surface area contributed by atoms with Crippen LogP contribution in [0.1, 0.15) is 61.9 Å². The molecule has 1 fully saturated rings. The number of Topliss-reactive ketones (excluding diaryl/α,β-unsaturated/α-hetero) is 1. The van der Waals surface area contributed by atoms with Crippen LogP contribution in [-0.2, 0) is 11.2 Å². The van der Waals surface area contributed by atoms with Gasteiger partial charge in [0.05, 0.1) is 13.2 Å². The topological polar surface area (TPSA) is 67.9 Å². The van der Waals surface area contributed by atoms with Crippen molar-refractivity contribution in [2.75, 3.05) is 26.7 Å². The fourth-order valence-electron chi connectivity index (χ4n) is 4.33. The van der Waals surface area contributed by atoms with Crippen molar-refractivity contribution in [3.8, 4) is 11.5 Å². The van der Waals surface area contributed by atoms with Crippen molar-refractivity contribution in [3.05, 3.63) is 59.7 Å². The van der Waals surface area contributed by atoms with Gasteiger partial charge in [-0.1, -0.05) is 12.1 Å². The molecule has 0 unspecified atom stereocenters. The van der Waals surface area contributed by atoms with Crippen molar-refractivity contribution in [2.24, 2.45) is 0 Å². The third kappa shape index (κ3) is 8.49. The smallest absolute Gasteiger partial charge is 0.220 e. The zero-order valence-corrected chi connectivity index (χ0v) is 20.7. The van der Waals surface area contributed by atoms with Crippen LogP contribution >= 0.6 is 0 Å². The molecule has 0 aromatic heterocycles. The number of ketones is 1. The molecule has 0 bridgehead atoms. The minimum atomic E-state index is 0.00573. The van der Waals surface area contributed by atoms with Gasteiger partial charge >= 0.3 is 0 Å². The SMILES string of the molecule is COc1ccc(C[C@@H](CN2CCCC2)NC(=O)CCCC(=O)c2ccc(OC(C)C)cc2)cc1. The highest BCUT2D eigenvalue weighted by Crippen LogP contribution is 2.17. The molecule has 2 aromatic carbocycles. The van der Waals surface area contributed by atoms with Crippen LogP contribution in [0.15, 0.2) is 48.5 Å². The molecule has 6 nitrogen and oxygen atoms in total. The number of hydrogen-bond donors (Lipinski definition) is 1. The van der Waals surface area contributed by atoms with Crippen molar-refractivity contribution in [2.45, 2.75) is 64.5 Å². The molecule has 1 N–H and O–H groups in total. The molecule has 1 aliphatic heterocycles. The first-order chi connectivity index (χ1) is 16.4. The Morgan fingerprint density at radius 2 is 1.59 bits per heavy atom. The summed E-state index contributed by atoms with van der Waals surface area (Å²) in [4.78, 5) is 27.6. The summed E-state index contributed by atoms with van der Waals surface area (Å²) in [6.45, 7) is 6.96. The number of carbonyl (C=O) groups is 2. The van der Waals surface area contributed by atoms with Gasteiger partial charge in [-0.15, -0.1) is 0 Å². The Bertz CT molecular complexity index is 903. The van der Waals surface area contributed by atoms with E-state index in [1.54, 1.807) is 19.2 Å². The van der Waals surface area contributed by atoms with Crippen molar-refractivity contribution >= 4 is 11.7 Å². The maximum atomic E-state index is 12.7. The summed E-state index contributed by atoms with van der Waals surface area (Å²) in [6.07, 6.45) is 4.54. The fourth-order valence-corrected chi connectivity index (χ4v) is 4.33. The molecule has 1 saturated heterocycles. The Hall–Kier alpha value is -2.86. The summed E-state index contributed by atoms with van der Waals surface area (Å²) in [5.41, 5.74) is 1.83. The molecule has 0 spiro atoms. The van der Waals surface area contributed by atoms with Gasteiger partial charge in [-0.3, -0.25) is 9.59 Å². The molecule has 0 saturated carbocycles. The number of nitrogens with one attached hydrogen (secondary N) is 1.